The molecule has 0 radical (unpaired) electrons. The van der Waals surface area contributed by atoms with Crippen molar-refractivity contribution in [1.29, 1.82) is 0 Å². The third kappa shape index (κ3) is 6.40. The minimum absolute atomic E-state index is 0.0863. The minimum atomic E-state index is -0.351. The molecule has 4 rings (SSSR count). The van der Waals surface area contributed by atoms with Crippen molar-refractivity contribution in [3.63, 3.8) is 0 Å². The molecule has 37 heavy (non-hydrogen) atoms. The smallest absolute Gasteiger partial charge is 0.257 e. The van der Waals surface area contributed by atoms with E-state index in [0.29, 0.717) is 36.4 Å². The van der Waals surface area contributed by atoms with Gasteiger partial charge in [-0.25, -0.2) is 0 Å². The van der Waals surface area contributed by atoms with E-state index in [9.17, 15) is 14.4 Å². The molecule has 2 aromatic rings. The lowest BCUT2D eigenvalue weighted by atomic mass is 9.94. The van der Waals surface area contributed by atoms with Gasteiger partial charge in [0.1, 0.15) is 24.2 Å². The predicted octanol–water partition coefficient (Wildman–Crippen LogP) is 3.38. The number of hydrogen-bond donors (Lipinski definition) is 2. The highest BCUT2D eigenvalue weighted by atomic mass is 16.5. The van der Waals surface area contributed by atoms with Crippen molar-refractivity contribution in [2.75, 3.05) is 26.1 Å². The molecule has 3 amide bonds. The molecule has 0 unspecified atom stereocenters. The first kappa shape index (κ1) is 26.5. The zero-order chi connectivity index (χ0) is 26.5. The maximum absolute atomic E-state index is 13.3. The molecule has 0 aliphatic carbocycles. The van der Waals surface area contributed by atoms with Crippen molar-refractivity contribution >= 4 is 23.4 Å². The van der Waals surface area contributed by atoms with Gasteiger partial charge < -0.3 is 29.7 Å². The number of carbonyl (C=O) groups is 3. The third-order valence-electron chi connectivity index (χ3n) is 6.87. The van der Waals surface area contributed by atoms with Crippen molar-refractivity contribution in [3.05, 3.63) is 53.6 Å². The number of ether oxygens (including phenoxy) is 3. The fourth-order valence-corrected chi connectivity index (χ4v) is 4.61. The average Bonchev–Trinajstić information content (AvgIpc) is 2.90. The normalized spacial score (nSPS) is 21.2. The highest BCUT2D eigenvalue weighted by Gasteiger charge is 2.39. The molecular weight excluding hydrogens is 474 g/mol. The highest BCUT2D eigenvalue weighted by molar-refractivity contribution is 6.00. The number of nitrogens with one attached hydrogen (secondary N) is 2. The summed E-state index contributed by atoms with van der Waals surface area (Å²) in [5, 5.41) is 5.78. The lowest BCUT2D eigenvalue weighted by molar-refractivity contribution is -0.134. The number of nitrogens with zero attached hydrogens (tertiary/aromatic N) is 1. The molecule has 9 heteroatoms. The van der Waals surface area contributed by atoms with Crippen molar-refractivity contribution < 1.29 is 28.6 Å². The standard InChI is InChI=1S/C28H35N3O6/c1-17(2)27(33)30-19-7-12-24-22(13-19)28(34)31(3)23-11-10-21(37-25(23)16-36-24)14-26(32)29-15-18-5-8-20(35-4)9-6-18/h5-9,12-13,17,21,23,25H,10-11,14-16H2,1-4H3,(H,29,32)(H,30,33)/t21-,23-,25-/m0/s1. The van der Waals surface area contributed by atoms with Gasteiger partial charge in [-0.15, -0.1) is 0 Å². The van der Waals surface area contributed by atoms with E-state index in [2.05, 4.69) is 10.6 Å². The van der Waals surface area contributed by atoms with Crippen LogP contribution in [0.3, 0.4) is 0 Å². The van der Waals surface area contributed by atoms with E-state index in [1.165, 1.54) is 0 Å². The van der Waals surface area contributed by atoms with E-state index in [4.69, 9.17) is 14.2 Å². The fourth-order valence-electron chi connectivity index (χ4n) is 4.61. The first-order valence-electron chi connectivity index (χ1n) is 12.6. The van der Waals surface area contributed by atoms with Crippen molar-refractivity contribution in [3.8, 4) is 11.5 Å². The van der Waals surface area contributed by atoms with Crippen LogP contribution in [-0.2, 0) is 20.9 Å². The fraction of sp³-hybridized carbons (Fsp3) is 0.464. The highest BCUT2D eigenvalue weighted by Crippen LogP contribution is 2.32. The number of amides is 3. The van der Waals surface area contributed by atoms with Crippen LogP contribution < -0.4 is 20.1 Å². The van der Waals surface area contributed by atoms with E-state index in [-0.39, 0.29) is 54.9 Å². The van der Waals surface area contributed by atoms with Gasteiger partial charge in [0, 0.05) is 25.2 Å². The van der Waals surface area contributed by atoms with Gasteiger partial charge in [-0.05, 0) is 48.7 Å². The predicted molar refractivity (Wildman–Crippen MR) is 139 cm³/mol. The van der Waals surface area contributed by atoms with Crippen LogP contribution in [0, 0.1) is 5.92 Å². The Hall–Kier alpha value is -3.59. The molecule has 0 saturated carbocycles. The molecule has 2 heterocycles. The largest absolute Gasteiger partial charge is 0.497 e. The summed E-state index contributed by atoms with van der Waals surface area (Å²) >= 11 is 0. The molecule has 0 bridgehead atoms. The summed E-state index contributed by atoms with van der Waals surface area (Å²) in [6, 6.07) is 12.5. The minimum Gasteiger partial charge on any atom is -0.497 e. The maximum atomic E-state index is 13.3. The Balaban J connectivity index is 1.36. The first-order chi connectivity index (χ1) is 17.7. The van der Waals surface area contributed by atoms with E-state index in [1.807, 2.05) is 38.1 Å². The van der Waals surface area contributed by atoms with Crippen molar-refractivity contribution in [2.24, 2.45) is 5.92 Å². The number of benzene rings is 2. The summed E-state index contributed by atoms with van der Waals surface area (Å²) in [6.07, 6.45) is 0.997. The van der Waals surface area contributed by atoms with Gasteiger partial charge in [-0.1, -0.05) is 26.0 Å². The first-order valence-corrected chi connectivity index (χ1v) is 12.6. The van der Waals surface area contributed by atoms with Gasteiger partial charge in [0.05, 0.1) is 31.2 Å². The quantitative estimate of drug-likeness (QED) is 0.593. The van der Waals surface area contributed by atoms with E-state index in [0.717, 1.165) is 11.3 Å². The lowest BCUT2D eigenvalue weighted by Gasteiger charge is -2.42. The molecule has 1 fully saturated rings. The maximum Gasteiger partial charge on any atom is 0.257 e. The second-order valence-corrected chi connectivity index (χ2v) is 9.85. The van der Waals surface area contributed by atoms with Crippen LogP contribution in [-0.4, -0.2) is 61.6 Å². The van der Waals surface area contributed by atoms with E-state index in [1.54, 1.807) is 37.3 Å². The van der Waals surface area contributed by atoms with E-state index < -0.39 is 0 Å². The molecule has 3 atom stereocenters. The van der Waals surface area contributed by atoms with Crippen LogP contribution in [0.1, 0.15) is 49.0 Å². The molecular formula is C28H35N3O6. The molecule has 1 saturated heterocycles. The Labute approximate surface area is 217 Å². The zero-order valence-electron chi connectivity index (χ0n) is 21.8. The number of rotatable bonds is 7. The molecule has 2 aliphatic rings. The molecule has 2 N–H and O–H groups in total. The summed E-state index contributed by atoms with van der Waals surface area (Å²) in [5.41, 5.74) is 1.95. The Kier molecular flexibility index (Phi) is 8.33. The third-order valence-corrected chi connectivity index (χ3v) is 6.87. The Morgan fingerprint density at radius 2 is 1.89 bits per heavy atom. The number of fused-ring (bicyclic) bond motifs is 2. The summed E-state index contributed by atoms with van der Waals surface area (Å²) < 4.78 is 17.4. The van der Waals surface area contributed by atoms with Gasteiger partial charge in [0.2, 0.25) is 11.8 Å². The van der Waals surface area contributed by atoms with Gasteiger partial charge in [0.25, 0.3) is 5.91 Å². The number of methoxy groups -OCH3 is 1. The molecule has 2 aliphatic heterocycles. The zero-order valence-corrected chi connectivity index (χ0v) is 21.8. The monoisotopic (exact) mass is 509 g/mol. The number of likely N-dealkylation sites (N-methyl/N-ethyl adjacent to an activating group) is 1. The molecule has 2 aromatic carbocycles. The summed E-state index contributed by atoms with van der Waals surface area (Å²) in [7, 11) is 3.38. The average molecular weight is 510 g/mol. The summed E-state index contributed by atoms with van der Waals surface area (Å²) in [4.78, 5) is 39.7. The number of hydrogen-bond acceptors (Lipinski definition) is 6. The molecule has 198 valence electrons. The van der Waals surface area contributed by atoms with Crippen LogP contribution in [0.4, 0.5) is 5.69 Å². The van der Waals surface area contributed by atoms with Gasteiger partial charge in [0.15, 0.2) is 0 Å². The van der Waals surface area contributed by atoms with Crippen molar-refractivity contribution in [2.45, 2.75) is 57.9 Å². The van der Waals surface area contributed by atoms with E-state index >= 15 is 0 Å². The van der Waals surface area contributed by atoms with Gasteiger partial charge in [-0.3, -0.25) is 14.4 Å². The van der Waals surface area contributed by atoms with Crippen LogP contribution in [0.2, 0.25) is 0 Å². The Bertz CT molecular complexity index is 1130. The lowest BCUT2D eigenvalue weighted by Crippen LogP contribution is -2.53. The summed E-state index contributed by atoms with van der Waals surface area (Å²) in [5.74, 6) is 0.648. The molecule has 0 spiro atoms. The van der Waals surface area contributed by atoms with Crippen LogP contribution >= 0.6 is 0 Å². The van der Waals surface area contributed by atoms with Gasteiger partial charge in [-0.2, -0.15) is 0 Å². The van der Waals surface area contributed by atoms with Crippen LogP contribution in [0.25, 0.3) is 0 Å². The Morgan fingerprint density at radius 3 is 2.59 bits per heavy atom. The van der Waals surface area contributed by atoms with Gasteiger partial charge >= 0.3 is 0 Å². The molecule has 9 nitrogen and oxygen atoms in total. The number of anilines is 1. The topological polar surface area (TPSA) is 106 Å². The van der Waals surface area contributed by atoms with Crippen LogP contribution in [0.15, 0.2) is 42.5 Å². The second-order valence-electron chi connectivity index (χ2n) is 9.85. The number of carbonyl (C=O) groups excluding carboxylic acids is 3. The van der Waals surface area contributed by atoms with Crippen LogP contribution in [0.5, 0.6) is 11.5 Å². The second kappa shape index (κ2) is 11.6. The molecule has 0 aromatic heterocycles. The van der Waals surface area contributed by atoms with Crippen molar-refractivity contribution in [1.82, 2.24) is 10.2 Å². The Morgan fingerprint density at radius 1 is 1.14 bits per heavy atom. The summed E-state index contributed by atoms with van der Waals surface area (Å²) in [6.45, 7) is 4.31. The SMILES string of the molecule is COc1ccc(CNC(=O)C[C@@H]2CC[C@H]3[C@H](COc4ccc(NC(=O)C(C)C)cc4C(=O)N3C)O2)cc1.